The molecule has 4 amide bonds. The lowest BCUT2D eigenvalue weighted by Crippen LogP contribution is -2.48. The van der Waals surface area contributed by atoms with Gasteiger partial charge >= 0.3 is 6.03 Å². The number of morpholine rings is 1. The third kappa shape index (κ3) is 4.96. The summed E-state index contributed by atoms with van der Waals surface area (Å²) >= 11 is 0. The number of ether oxygens (including phenoxy) is 1. The van der Waals surface area contributed by atoms with Crippen molar-refractivity contribution >= 4 is 33.6 Å². The highest BCUT2D eigenvalue weighted by molar-refractivity contribution is 7.89. The number of carbonyl (C=O) groups is 3. The number of rotatable bonds is 7. The number of hydrogen-bond donors (Lipinski definition) is 2. The topological polar surface area (TPSA) is 125 Å². The van der Waals surface area contributed by atoms with Gasteiger partial charge in [0.2, 0.25) is 15.9 Å². The molecular weight excluding hydrogens is 460 g/mol. The average Bonchev–Trinajstić information content (AvgIpc) is 3.33. The molecule has 0 radical (unpaired) electrons. The number of hydrogen-bond acceptors (Lipinski definition) is 6. The standard InChI is InChI=1S/C23H32N4O6S/c1-16-14-26(15-17(2)33-16)34(31,32)19-9-7-18(8-10-19)24-20(28)6-5-13-27-21(29)23(25-22(27)30)11-3-4-12-23/h7-10,16-17H,3-6,11-15H2,1-2H3,(H,24,28)(H,25,30)/t16-,17-/m0/s1. The van der Waals surface area contributed by atoms with Crippen molar-refractivity contribution in [3.63, 3.8) is 0 Å². The van der Waals surface area contributed by atoms with Gasteiger partial charge < -0.3 is 15.4 Å². The zero-order chi connectivity index (χ0) is 24.5. The van der Waals surface area contributed by atoms with Crippen LogP contribution in [-0.4, -0.2) is 72.8 Å². The molecule has 1 aliphatic carbocycles. The molecule has 10 nitrogen and oxygen atoms in total. The summed E-state index contributed by atoms with van der Waals surface area (Å²) in [6.45, 7) is 4.46. The lowest BCUT2D eigenvalue weighted by Gasteiger charge is -2.34. The van der Waals surface area contributed by atoms with Crippen molar-refractivity contribution in [3.8, 4) is 0 Å². The van der Waals surface area contributed by atoms with Crippen molar-refractivity contribution in [2.24, 2.45) is 0 Å². The van der Waals surface area contributed by atoms with Crippen molar-refractivity contribution in [1.82, 2.24) is 14.5 Å². The first-order valence-corrected chi connectivity index (χ1v) is 13.2. The van der Waals surface area contributed by atoms with Crippen molar-refractivity contribution in [2.45, 2.75) is 75.0 Å². The number of anilines is 1. The molecule has 0 aromatic heterocycles. The fraction of sp³-hybridized carbons (Fsp3) is 0.609. The summed E-state index contributed by atoms with van der Waals surface area (Å²) in [4.78, 5) is 38.6. The number of sulfonamides is 1. The van der Waals surface area contributed by atoms with E-state index in [2.05, 4.69) is 10.6 Å². The highest BCUT2D eigenvalue weighted by Crippen LogP contribution is 2.35. The van der Waals surface area contributed by atoms with Crippen molar-refractivity contribution in [2.75, 3.05) is 25.0 Å². The van der Waals surface area contributed by atoms with Crippen LogP contribution in [0.1, 0.15) is 52.4 Å². The first-order valence-electron chi connectivity index (χ1n) is 11.8. The number of nitrogens with zero attached hydrogens (tertiary/aromatic N) is 2. The summed E-state index contributed by atoms with van der Waals surface area (Å²) in [5, 5.41) is 5.57. The van der Waals surface area contributed by atoms with Crippen molar-refractivity contribution in [1.29, 1.82) is 0 Å². The number of benzene rings is 1. The van der Waals surface area contributed by atoms with Crippen LogP contribution in [-0.2, 0) is 24.3 Å². The Balaban J connectivity index is 1.28. The van der Waals surface area contributed by atoms with Crippen LogP contribution in [0, 0.1) is 0 Å². The van der Waals surface area contributed by atoms with Crippen LogP contribution in [0.2, 0.25) is 0 Å². The number of nitrogens with one attached hydrogen (secondary N) is 2. The Hall–Kier alpha value is -2.50. The lowest BCUT2D eigenvalue weighted by atomic mass is 9.98. The van der Waals surface area contributed by atoms with E-state index in [9.17, 15) is 22.8 Å². The van der Waals surface area contributed by atoms with Gasteiger partial charge in [-0.2, -0.15) is 4.31 Å². The van der Waals surface area contributed by atoms with Crippen LogP contribution in [0.5, 0.6) is 0 Å². The van der Waals surface area contributed by atoms with Crippen LogP contribution in [0.3, 0.4) is 0 Å². The Morgan fingerprint density at radius 2 is 1.74 bits per heavy atom. The van der Waals surface area contributed by atoms with Crippen LogP contribution in [0.4, 0.5) is 10.5 Å². The predicted octanol–water partition coefficient (Wildman–Crippen LogP) is 2.07. The summed E-state index contributed by atoms with van der Waals surface area (Å²) < 4.78 is 32.9. The number of urea groups is 1. The fourth-order valence-corrected chi connectivity index (χ4v) is 6.59. The third-order valence-electron chi connectivity index (χ3n) is 6.65. The van der Waals surface area contributed by atoms with E-state index in [1.165, 1.54) is 21.3 Å². The van der Waals surface area contributed by atoms with E-state index >= 15 is 0 Å². The molecule has 1 spiro atoms. The quantitative estimate of drug-likeness (QED) is 0.562. The molecular formula is C23H32N4O6S. The second-order valence-electron chi connectivity index (χ2n) is 9.43. The summed E-state index contributed by atoms with van der Waals surface area (Å²) in [7, 11) is -3.65. The smallest absolute Gasteiger partial charge is 0.325 e. The number of amides is 4. The fourth-order valence-electron chi connectivity index (χ4n) is 5.00. The maximum atomic E-state index is 12.9. The molecule has 1 aromatic rings. The highest BCUT2D eigenvalue weighted by Gasteiger charge is 2.52. The maximum absolute atomic E-state index is 12.9. The molecule has 11 heteroatoms. The van der Waals surface area contributed by atoms with E-state index in [0.717, 1.165) is 12.8 Å². The average molecular weight is 493 g/mol. The Morgan fingerprint density at radius 1 is 1.12 bits per heavy atom. The maximum Gasteiger partial charge on any atom is 0.325 e. The second kappa shape index (κ2) is 9.63. The zero-order valence-corrected chi connectivity index (χ0v) is 20.4. The summed E-state index contributed by atoms with van der Waals surface area (Å²) in [6.07, 6.45) is 3.31. The molecule has 4 rings (SSSR count). The molecule has 2 heterocycles. The van der Waals surface area contributed by atoms with Crippen LogP contribution in [0.25, 0.3) is 0 Å². The van der Waals surface area contributed by atoms with E-state index in [1.807, 2.05) is 13.8 Å². The monoisotopic (exact) mass is 492 g/mol. The van der Waals surface area contributed by atoms with Gasteiger partial charge in [0, 0.05) is 31.7 Å². The zero-order valence-electron chi connectivity index (χ0n) is 19.6. The molecule has 0 unspecified atom stereocenters. The molecule has 1 aromatic carbocycles. The van der Waals surface area contributed by atoms with Crippen molar-refractivity contribution < 1.29 is 27.5 Å². The Morgan fingerprint density at radius 3 is 2.35 bits per heavy atom. The summed E-state index contributed by atoms with van der Waals surface area (Å²) in [5.41, 5.74) is -0.258. The minimum absolute atomic E-state index is 0.133. The van der Waals surface area contributed by atoms with Crippen LogP contribution in [0.15, 0.2) is 29.2 Å². The van der Waals surface area contributed by atoms with Gasteiger partial charge in [0.1, 0.15) is 5.54 Å². The van der Waals surface area contributed by atoms with Gasteiger partial charge in [-0.3, -0.25) is 14.5 Å². The molecule has 2 saturated heterocycles. The molecule has 2 N–H and O–H groups in total. The molecule has 3 fully saturated rings. The summed E-state index contributed by atoms with van der Waals surface area (Å²) in [6, 6.07) is 5.68. The minimum atomic E-state index is -3.65. The minimum Gasteiger partial charge on any atom is -0.373 e. The molecule has 0 bridgehead atoms. The van der Waals surface area contributed by atoms with Crippen LogP contribution < -0.4 is 10.6 Å². The first kappa shape index (κ1) is 24.6. The van der Waals surface area contributed by atoms with Gasteiger partial charge in [-0.1, -0.05) is 12.8 Å². The van der Waals surface area contributed by atoms with Crippen molar-refractivity contribution in [3.05, 3.63) is 24.3 Å². The molecule has 34 heavy (non-hydrogen) atoms. The Bertz CT molecular complexity index is 1040. The molecule has 3 aliphatic rings. The van der Waals surface area contributed by atoms with Gasteiger partial charge in [-0.15, -0.1) is 0 Å². The Kier molecular flexibility index (Phi) is 6.97. The first-order chi connectivity index (χ1) is 16.1. The highest BCUT2D eigenvalue weighted by atomic mass is 32.2. The van der Waals surface area contributed by atoms with Gasteiger partial charge in [-0.25, -0.2) is 13.2 Å². The van der Waals surface area contributed by atoms with E-state index in [-0.39, 0.29) is 47.9 Å². The van der Waals surface area contributed by atoms with E-state index in [4.69, 9.17) is 4.74 Å². The largest absolute Gasteiger partial charge is 0.373 e. The lowest BCUT2D eigenvalue weighted by molar-refractivity contribution is -0.131. The van der Waals surface area contributed by atoms with Crippen LogP contribution >= 0.6 is 0 Å². The van der Waals surface area contributed by atoms with E-state index in [1.54, 1.807) is 12.1 Å². The molecule has 2 aliphatic heterocycles. The molecule has 2 atom stereocenters. The third-order valence-corrected chi connectivity index (χ3v) is 8.50. The van der Waals surface area contributed by atoms with Gasteiger partial charge in [-0.05, 0) is 57.4 Å². The Labute approximate surface area is 200 Å². The molecule has 1 saturated carbocycles. The number of imide groups is 1. The van der Waals surface area contributed by atoms with E-state index < -0.39 is 15.6 Å². The van der Waals surface area contributed by atoms with Gasteiger partial charge in [0.25, 0.3) is 5.91 Å². The second-order valence-corrected chi connectivity index (χ2v) is 11.4. The summed E-state index contributed by atoms with van der Waals surface area (Å²) in [5.74, 6) is -0.453. The SMILES string of the molecule is C[C@H]1CN(S(=O)(=O)c2ccc(NC(=O)CCCN3C(=O)NC4(CCCC4)C3=O)cc2)C[C@H](C)O1. The predicted molar refractivity (Wildman–Crippen MR) is 125 cm³/mol. The van der Waals surface area contributed by atoms with Gasteiger partial charge in [0.05, 0.1) is 17.1 Å². The molecule has 186 valence electrons. The van der Waals surface area contributed by atoms with Gasteiger partial charge in [0.15, 0.2) is 0 Å². The number of carbonyl (C=O) groups excluding carboxylic acids is 3. The normalized spacial score (nSPS) is 25.1. The van der Waals surface area contributed by atoms with E-state index in [0.29, 0.717) is 38.0 Å².